The third kappa shape index (κ3) is 3.17. The van der Waals surface area contributed by atoms with Crippen molar-refractivity contribution in [1.29, 1.82) is 0 Å². The van der Waals surface area contributed by atoms with Crippen LogP contribution >= 0.6 is 0 Å². The number of ether oxygens (including phenoxy) is 2. The highest BCUT2D eigenvalue weighted by Crippen LogP contribution is 2.22. The summed E-state index contributed by atoms with van der Waals surface area (Å²) < 4.78 is 11.2. The van der Waals surface area contributed by atoms with Gasteiger partial charge in [-0.15, -0.1) is 0 Å². The quantitative estimate of drug-likeness (QED) is 0.853. The van der Waals surface area contributed by atoms with Crippen molar-refractivity contribution in [2.24, 2.45) is 0 Å². The molecular formula is C17H19NO2. The molecule has 3 nitrogen and oxygen atoms in total. The Kier molecular flexibility index (Phi) is 3.97. The summed E-state index contributed by atoms with van der Waals surface area (Å²) in [7, 11) is 0. The molecule has 0 unspecified atom stereocenters. The lowest BCUT2D eigenvalue weighted by atomic mass is 10.1. The molecule has 0 radical (unpaired) electrons. The first-order chi connectivity index (χ1) is 9.81. The third-order valence-corrected chi connectivity index (χ3v) is 3.58. The number of aryl methyl sites for hydroxylation is 1. The van der Waals surface area contributed by atoms with E-state index in [1.165, 1.54) is 11.1 Å². The molecule has 0 spiro atoms. The van der Waals surface area contributed by atoms with E-state index in [2.05, 4.69) is 42.2 Å². The molecule has 1 aromatic carbocycles. The number of pyridine rings is 1. The van der Waals surface area contributed by atoms with Crippen molar-refractivity contribution in [2.75, 3.05) is 13.2 Å². The predicted octanol–water partition coefficient (Wildman–Crippen LogP) is 3.61. The van der Waals surface area contributed by atoms with Crippen LogP contribution in [0.1, 0.15) is 18.4 Å². The van der Waals surface area contributed by atoms with Gasteiger partial charge in [-0.25, -0.2) is 4.98 Å². The molecule has 0 amide bonds. The number of nitrogens with zero attached hydrogens (tertiary/aromatic N) is 1. The van der Waals surface area contributed by atoms with E-state index in [1.807, 2.05) is 12.3 Å². The van der Waals surface area contributed by atoms with Crippen molar-refractivity contribution in [2.45, 2.75) is 25.9 Å². The van der Waals surface area contributed by atoms with E-state index >= 15 is 0 Å². The van der Waals surface area contributed by atoms with Crippen LogP contribution in [-0.4, -0.2) is 24.3 Å². The maximum atomic E-state index is 5.87. The standard InChI is InChI=1S/C17H19NO2/c1-13-2-4-14(5-3-13)15-6-7-17(18-12-15)20-16-8-10-19-11-9-16/h2-7,12,16H,8-11H2,1H3. The summed E-state index contributed by atoms with van der Waals surface area (Å²) in [5.74, 6) is 0.702. The van der Waals surface area contributed by atoms with E-state index in [9.17, 15) is 0 Å². The average Bonchev–Trinajstić information content (AvgIpc) is 2.50. The Bertz CT molecular complexity index is 542. The molecule has 3 rings (SSSR count). The van der Waals surface area contributed by atoms with Crippen molar-refractivity contribution in [3.8, 4) is 17.0 Å². The normalized spacial score (nSPS) is 16.1. The zero-order valence-corrected chi connectivity index (χ0v) is 11.7. The smallest absolute Gasteiger partial charge is 0.213 e. The van der Waals surface area contributed by atoms with Gasteiger partial charge in [0.2, 0.25) is 5.88 Å². The molecule has 2 aromatic rings. The molecule has 20 heavy (non-hydrogen) atoms. The van der Waals surface area contributed by atoms with Crippen LogP contribution in [-0.2, 0) is 4.74 Å². The van der Waals surface area contributed by atoms with Gasteiger partial charge >= 0.3 is 0 Å². The molecule has 0 bridgehead atoms. The fraction of sp³-hybridized carbons (Fsp3) is 0.353. The maximum Gasteiger partial charge on any atom is 0.213 e. The van der Waals surface area contributed by atoms with Crippen LogP contribution in [0.15, 0.2) is 42.6 Å². The number of benzene rings is 1. The monoisotopic (exact) mass is 269 g/mol. The zero-order chi connectivity index (χ0) is 13.8. The lowest BCUT2D eigenvalue weighted by Gasteiger charge is -2.22. The highest BCUT2D eigenvalue weighted by Gasteiger charge is 2.15. The minimum absolute atomic E-state index is 0.237. The molecule has 0 atom stereocenters. The third-order valence-electron chi connectivity index (χ3n) is 3.58. The molecule has 1 aliphatic heterocycles. The molecule has 104 valence electrons. The van der Waals surface area contributed by atoms with Crippen LogP contribution in [0.4, 0.5) is 0 Å². The second kappa shape index (κ2) is 6.06. The summed E-state index contributed by atoms with van der Waals surface area (Å²) in [5.41, 5.74) is 3.56. The largest absolute Gasteiger partial charge is 0.474 e. The highest BCUT2D eigenvalue weighted by atomic mass is 16.5. The fourth-order valence-corrected chi connectivity index (χ4v) is 2.33. The van der Waals surface area contributed by atoms with Gasteiger partial charge in [0.25, 0.3) is 0 Å². The summed E-state index contributed by atoms with van der Waals surface area (Å²) >= 11 is 0. The summed E-state index contributed by atoms with van der Waals surface area (Å²) in [6.45, 7) is 3.66. The van der Waals surface area contributed by atoms with Crippen molar-refractivity contribution >= 4 is 0 Å². The SMILES string of the molecule is Cc1ccc(-c2ccc(OC3CCOCC3)nc2)cc1. The Morgan fingerprint density at radius 1 is 1.00 bits per heavy atom. The molecule has 0 N–H and O–H groups in total. The van der Waals surface area contributed by atoms with Crippen molar-refractivity contribution in [3.63, 3.8) is 0 Å². The van der Waals surface area contributed by atoms with Crippen LogP contribution in [0.2, 0.25) is 0 Å². The van der Waals surface area contributed by atoms with Crippen molar-refractivity contribution in [3.05, 3.63) is 48.2 Å². The van der Waals surface area contributed by atoms with Crippen LogP contribution < -0.4 is 4.74 Å². The molecule has 1 aliphatic rings. The topological polar surface area (TPSA) is 31.4 Å². The van der Waals surface area contributed by atoms with Crippen molar-refractivity contribution in [1.82, 2.24) is 4.98 Å². The van der Waals surface area contributed by atoms with Gasteiger partial charge in [-0.05, 0) is 18.6 Å². The van der Waals surface area contributed by atoms with E-state index < -0.39 is 0 Å². The minimum Gasteiger partial charge on any atom is -0.474 e. The van der Waals surface area contributed by atoms with E-state index in [1.54, 1.807) is 0 Å². The van der Waals surface area contributed by atoms with Crippen LogP contribution in [0.25, 0.3) is 11.1 Å². The van der Waals surface area contributed by atoms with Gasteiger partial charge < -0.3 is 9.47 Å². The van der Waals surface area contributed by atoms with Gasteiger partial charge in [0.05, 0.1) is 13.2 Å². The first kappa shape index (κ1) is 13.1. The second-order valence-corrected chi connectivity index (χ2v) is 5.18. The van der Waals surface area contributed by atoms with E-state index in [0.29, 0.717) is 5.88 Å². The summed E-state index contributed by atoms with van der Waals surface area (Å²) in [4.78, 5) is 4.41. The number of hydrogen-bond acceptors (Lipinski definition) is 3. The van der Waals surface area contributed by atoms with Gasteiger partial charge in [0, 0.05) is 30.7 Å². The first-order valence-electron chi connectivity index (χ1n) is 7.09. The number of rotatable bonds is 3. The lowest BCUT2D eigenvalue weighted by Crippen LogP contribution is -2.26. The summed E-state index contributed by atoms with van der Waals surface area (Å²) in [6.07, 6.45) is 4.00. The van der Waals surface area contributed by atoms with Gasteiger partial charge in [-0.1, -0.05) is 29.8 Å². The van der Waals surface area contributed by atoms with Gasteiger partial charge in [-0.2, -0.15) is 0 Å². The van der Waals surface area contributed by atoms with E-state index in [-0.39, 0.29) is 6.10 Å². The van der Waals surface area contributed by atoms with Gasteiger partial charge in [-0.3, -0.25) is 0 Å². The minimum atomic E-state index is 0.237. The molecular weight excluding hydrogens is 250 g/mol. The summed E-state index contributed by atoms with van der Waals surface area (Å²) in [6, 6.07) is 12.5. The van der Waals surface area contributed by atoms with E-state index in [4.69, 9.17) is 9.47 Å². The Morgan fingerprint density at radius 2 is 1.70 bits per heavy atom. The number of hydrogen-bond donors (Lipinski definition) is 0. The van der Waals surface area contributed by atoms with Gasteiger partial charge in [0.1, 0.15) is 6.10 Å². The van der Waals surface area contributed by atoms with Crippen LogP contribution in [0.5, 0.6) is 5.88 Å². The Labute approximate surface area is 119 Å². The highest BCUT2D eigenvalue weighted by molar-refractivity contribution is 5.62. The molecule has 1 saturated heterocycles. The average molecular weight is 269 g/mol. The Morgan fingerprint density at radius 3 is 2.35 bits per heavy atom. The predicted molar refractivity (Wildman–Crippen MR) is 78.9 cm³/mol. The molecule has 3 heteroatoms. The van der Waals surface area contributed by atoms with Crippen LogP contribution in [0, 0.1) is 6.92 Å². The molecule has 2 heterocycles. The molecule has 1 aromatic heterocycles. The van der Waals surface area contributed by atoms with Crippen LogP contribution in [0.3, 0.4) is 0 Å². The molecule has 0 saturated carbocycles. The Balaban J connectivity index is 1.69. The molecule has 1 fully saturated rings. The summed E-state index contributed by atoms with van der Waals surface area (Å²) in [5, 5.41) is 0. The number of aromatic nitrogens is 1. The first-order valence-corrected chi connectivity index (χ1v) is 7.09. The fourth-order valence-electron chi connectivity index (χ4n) is 2.33. The second-order valence-electron chi connectivity index (χ2n) is 5.18. The zero-order valence-electron chi connectivity index (χ0n) is 11.7. The maximum absolute atomic E-state index is 5.87. The van der Waals surface area contributed by atoms with E-state index in [0.717, 1.165) is 31.6 Å². The molecule has 0 aliphatic carbocycles. The lowest BCUT2D eigenvalue weighted by molar-refractivity contribution is 0.0237. The van der Waals surface area contributed by atoms with Crippen molar-refractivity contribution < 1.29 is 9.47 Å². The Hall–Kier alpha value is -1.87. The van der Waals surface area contributed by atoms with Gasteiger partial charge in [0.15, 0.2) is 0 Å².